The van der Waals surface area contributed by atoms with Crippen LogP contribution >= 0.6 is 0 Å². The van der Waals surface area contributed by atoms with E-state index in [1.54, 1.807) is 6.29 Å². The van der Waals surface area contributed by atoms with E-state index in [1.807, 2.05) is 4.90 Å². The predicted molar refractivity (Wildman–Crippen MR) is 50.0 cm³/mol. The van der Waals surface area contributed by atoms with Crippen molar-refractivity contribution in [3.8, 4) is 0 Å². The van der Waals surface area contributed by atoms with Gasteiger partial charge in [-0.05, 0) is 25.7 Å². The fourth-order valence-corrected chi connectivity index (χ4v) is 1.61. The maximum atomic E-state index is 11.5. The first-order valence-electron chi connectivity index (χ1n) is 4.97. The summed E-state index contributed by atoms with van der Waals surface area (Å²) in [6.07, 6.45) is 6.86. The molecule has 1 fully saturated rings. The number of amides is 1. The predicted octanol–water partition coefficient (Wildman–Crippen LogP) is 1.28. The molecule has 1 amide bonds. The first-order valence-corrected chi connectivity index (χ1v) is 4.97. The second-order valence-electron chi connectivity index (χ2n) is 3.44. The Bertz CT molecular complexity index is 174. The van der Waals surface area contributed by atoms with Gasteiger partial charge in [0.1, 0.15) is 0 Å². The molecule has 0 atom stereocenters. The van der Waals surface area contributed by atoms with Crippen LogP contribution in [-0.2, 0) is 9.59 Å². The van der Waals surface area contributed by atoms with Gasteiger partial charge in [0.15, 0.2) is 6.29 Å². The highest BCUT2D eigenvalue weighted by molar-refractivity contribution is 5.76. The number of nitrogens with zero attached hydrogens (tertiary/aromatic N) is 1. The third-order valence-electron chi connectivity index (χ3n) is 2.38. The number of carbonyl (C=O) groups is 1. The minimum atomic E-state index is 0.204. The largest absolute Gasteiger partial charge is 0.343 e. The van der Waals surface area contributed by atoms with E-state index < -0.39 is 0 Å². The molecular formula is C10H16NO2. The van der Waals surface area contributed by atoms with E-state index in [0.29, 0.717) is 19.3 Å². The second-order valence-corrected chi connectivity index (χ2v) is 3.44. The van der Waals surface area contributed by atoms with Crippen LogP contribution in [0.1, 0.15) is 38.5 Å². The Kier molecular flexibility index (Phi) is 4.50. The lowest BCUT2D eigenvalue weighted by atomic mass is 10.1. The molecule has 3 heteroatoms. The molecule has 0 unspecified atom stereocenters. The van der Waals surface area contributed by atoms with Crippen molar-refractivity contribution in [1.82, 2.24) is 4.90 Å². The quantitative estimate of drug-likeness (QED) is 0.614. The Morgan fingerprint density at radius 1 is 1.23 bits per heavy atom. The summed E-state index contributed by atoms with van der Waals surface area (Å²) in [7, 11) is 0. The van der Waals surface area contributed by atoms with Crippen LogP contribution in [0.15, 0.2) is 0 Å². The molecule has 1 heterocycles. The lowest BCUT2D eigenvalue weighted by molar-refractivity contribution is -0.132. The Morgan fingerprint density at radius 3 is 2.54 bits per heavy atom. The smallest absolute Gasteiger partial charge is 0.222 e. The van der Waals surface area contributed by atoms with Crippen LogP contribution in [0.4, 0.5) is 0 Å². The first kappa shape index (κ1) is 10.2. The van der Waals surface area contributed by atoms with Crippen molar-refractivity contribution in [3.63, 3.8) is 0 Å². The zero-order valence-corrected chi connectivity index (χ0v) is 7.92. The highest BCUT2D eigenvalue weighted by Crippen LogP contribution is 2.10. The first-order chi connectivity index (χ1) is 6.34. The third kappa shape index (κ3) is 3.57. The number of carbonyl (C=O) groups excluding carboxylic acids is 2. The molecule has 73 valence electrons. The number of piperidine rings is 1. The van der Waals surface area contributed by atoms with Gasteiger partial charge in [-0.15, -0.1) is 0 Å². The Hall–Kier alpha value is -0.860. The van der Waals surface area contributed by atoms with Crippen LogP contribution in [0, 0.1) is 0 Å². The summed E-state index contributed by atoms with van der Waals surface area (Å²) in [4.78, 5) is 23.3. The van der Waals surface area contributed by atoms with E-state index in [-0.39, 0.29) is 5.91 Å². The van der Waals surface area contributed by atoms with Crippen molar-refractivity contribution in [2.45, 2.75) is 38.5 Å². The third-order valence-corrected chi connectivity index (χ3v) is 2.38. The van der Waals surface area contributed by atoms with Crippen molar-refractivity contribution in [2.75, 3.05) is 13.1 Å². The number of likely N-dealkylation sites (tertiary alicyclic amines) is 1. The van der Waals surface area contributed by atoms with Gasteiger partial charge in [0.2, 0.25) is 5.91 Å². The van der Waals surface area contributed by atoms with Gasteiger partial charge in [-0.1, -0.05) is 0 Å². The van der Waals surface area contributed by atoms with Crippen molar-refractivity contribution in [3.05, 3.63) is 0 Å². The van der Waals surface area contributed by atoms with Crippen molar-refractivity contribution in [2.24, 2.45) is 0 Å². The summed E-state index contributed by atoms with van der Waals surface area (Å²) in [5, 5.41) is 0. The molecule has 13 heavy (non-hydrogen) atoms. The van der Waals surface area contributed by atoms with E-state index in [0.717, 1.165) is 25.9 Å². The highest BCUT2D eigenvalue weighted by atomic mass is 16.2. The minimum absolute atomic E-state index is 0.204. The molecular weight excluding hydrogens is 166 g/mol. The van der Waals surface area contributed by atoms with Gasteiger partial charge in [0.25, 0.3) is 0 Å². The average Bonchev–Trinajstić information content (AvgIpc) is 2.19. The topological polar surface area (TPSA) is 37.4 Å². The lowest BCUT2D eigenvalue weighted by Gasteiger charge is -2.26. The zero-order valence-electron chi connectivity index (χ0n) is 7.92. The van der Waals surface area contributed by atoms with Crippen LogP contribution in [0.5, 0.6) is 0 Å². The second kappa shape index (κ2) is 5.73. The molecule has 0 bridgehead atoms. The number of hydrogen-bond acceptors (Lipinski definition) is 2. The van der Waals surface area contributed by atoms with Crippen LogP contribution in [0.25, 0.3) is 0 Å². The van der Waals surface area contributed by atoms with Gasteiger partial charge < -0.3 is 4.90 Å². The molecule has 1 rings (SSSR count). The van der Waals surface area contributed by atoms with Crippen molar-refractivity contribution < 1.29 is 9.59 Å². The summed E-state index contributed by atoms with van der Waals surface area (Å²) in [5.41, 5.74) is 0. The summed E-state index contributed by atoms with van der Waals surface area (Å²) in [6, 6.07) is 0. The summed E-state index contributed by atoms with van der Waals surface area (Å²) in [5.74, 6) is 0.204. The van der Waals surface area contributed by atoms with Crippen molar-refractivity contribution in [1.29, 1.82) is 0 Å². The molecule has 1 aliphatic heterocycles. The van der Waals surface area contributed by atoms with Gasteiger partial charge in [-0.25, -0.2) is 0 Å². The van der Waals surface area contributed by atoms with Crippen LogP contribution in [0.2, 0.25) is 0 Å². The monoisotopic (exact) mass is 182 g/mol. The summed E-state index contributed by atoms with van der Waals surface area (Å²) < 4.78 is 0. The molecule has 0 aliphatic carbocycles. The average molecular weight is 182 g/mol. The van der Waals surface area contributed by atoms with Crippen LogP contribution < -0.4 is 0 Å². The van der Waals surface area contributed by atoms with Gasteiger partial charge in [0, 0.05) is 25.9 Å². The van der Waals surface area contributed by atoms with Gasteiger partial charge >= 0.3 is 0 Å². The highest BCUT2D eigenvalue weighted by Gasteiger charge is 2.15. The van der Waals surface area contributed by atoms with Crippen LogP contribution in [0.3, 0.4) is 0 Å². The molecule has 1 aliphatic rings. The van der Waals surface area contributed by atoms with Gasteiger partial charge in [0.05, 0.1) is 0 Å². The standard InChI is InChI=1S/C10H16NO2/c12-9-5-2-6-10(13)11-7-3-1-4-8-11/h1-8H2. The number of rotatable bonds is 4. The molecule has 0 aromatic rings. The van der Waals surface area contributed by atoms with Gasteiger partial charge in [-0.3, -0.25) is 9.59 Å². The zero-order chi connectivity index (χ0) is 9.52. The Labute approximate surface area is 79.1 Å². The van der Waals surface area contributed by atoms with Crippen LogP contribution in [-0.4, -0.2) is 30.2 Å². The van der Waals surface area contributed by atoms with E-state index in [1.165, 1.54) is 6.42 Å². The van der Waals surface area contributed by atoms with Gasteiger partial charge in [-0.2, -0.15) is 0 Å². The molecule has 0 spiro atoms. The normalized spacial score (nSPS) is 17.1. The fraction of sp³-hybridized carbons (Fsp3) is 0.800. The molecule has 0 saturated carbocycles. The SMILES string of the molecule is O=[C]CCCC(=O)N1CCCCC1. The van der Waals surface area contributed by atoms with E-state index in [9.17, 15) is 9.59 Å². The van der Waals surface area contributed by atoms with E-state index >= 15 is 0 Å². The summed E-state index contributed by atoms with van der Waals surface area (Å²) in [6.45, 7) is 1.81. The fourth-order valence-electron chi connectivity index (χ4n) is 1.61. The summed E-state index contributed by atoms with van der Waals surface area (Å²) >= 11 is 0. The number of unbranched alkanes of at least 4 members (excludes halogenated alkanes) is 1. The molecule has 0 aromatic carbocycles. The van der Waals surface area contributed by atoms with E-state index in [4.69, 9.17) is 0 Å². The Morgan fingerprint density at radius 2 is 1.92 bits per heavy atom. The molecule has 1 radical (unpaired) electrons. The van der Waals surface area contributed by atoms with E-state index in [2.05, 4.69) is 0 Å². The van der Waals surface area contributed by atoms with Crippen molar-refractivity contribution >= 4 is 12.2 Å². The molecule has 1 saturated heterocycles. The maximum Gasteiger partial charge on any atom is 0.222 e. The minimum Gasteiger partial charge on any atom is -0.343 e. The molecule has 3 nitrogen and oxygen atoms in total. The molecule has 0 N–H and O–H groups in total. The molecule has 0 aromatic heterocycles. The lowest BCUT2D eigenvalue weighted by Crippen LogP contribution is -2.35. The number of hydrogen-bond donors (Lipinski definition) is 0. The Balaban J connectivity index is 2.17. The maximum absolute atomic E-state index is 11.5.